The molecule has 6 nitrogen and oxygen atoms in total. The minimum absolute atomic E-state index is 0.193. The van der Waals surface area contributed by atoms with Gasteiger partial charge in [-0.3, -0.25) is 0 Å². The molecule has 0 radical (unpaired) electrons. The molecular weight excluding hydrogens is 316 g/mol. The molecule has 2 aliphatic rings. The second-order valence-electron chi connectivity index (χ2n) is 5.22. The van der Waals surface area contributed by atoms with Gasteiger partial charge in [0, 0.05) is 19.1 Å². The molecule has 2 saturated heterocycles. The molecule has 2 aliphatic heterocycles. The van der Waals surface area contributed by atoms with E-state index in [-0.39, 0.29) is 10.9 Å². The second-order valence-corrected chi connectivity index (χ2v) is 7.56. The van der Waals surface area contributed by atoms with Gasteiger partial charge in [0.15, 0.2) is 0 Å². The summed E-state index contributed by atoms with van der Waals surface area (Å²) < 4.78 is 36.5. The molecule has 0 unspecified atom stereocenters. The monoisotopic (exact) mass is 332 g/mol. The smallest absolute Gasteiger partial charge is 0.243 e. The molecule has 0 saturated carbocycles. The fraction of sp³-hybridized carbons (Fsp3) is 0.538. The van der Waals surface area contributed by atoms with Crippen LogP contribution in [0.25, 0.3) is 0 Å². The molecule has 21 heavy (non-hydrogen) atoms. The third-order valence-electron chi connectivity index (χ3n) is 3.72. The van der Waals surface area contributed by atoms with E-state index in [4.69, 9.17) is 21.1 Å². The summed E-state index contributed by atoms with van der Waals surface area (Å²) in [6.45, 7) is 2.36. The van der Waals surface area contributed by atoms with Crippen LogP contribution in [0.3, 0.4) is 0 Å². The van der Waals surface area contributed by atoms with E-state index in [1.54, 1.807) is 6.07 Å². The lowest BCUT2D eigenvalue weighted by atomic mass is 10.1. The fourth-order valence-corrected chi connectivity index (χ4v) is 4.24. The molecule has 0 atom stereocenters. The first-order valence-corrected chi connectivity index (χ1v) is 8.50. The van der Waals surface area contributed by atoms with E-state index in [1.165, 1.54) is 23.5 Å². The Morgan fingerprint density at radius 2 is 2.05 bits per heavy atom. The molecule has 2 heterocycles. The number of hydrogen-bond donors (Lipinski definition) is 1. The third-order valence-corrected chi connectivity index (χ3v) is 5.84. The van der Waals surface area contributed by atoms with Crippen molar-refractivity contribution in [2.75, 3.05) is 33.4 Å². The molecule has 0 aliphatic carbocycles. The molecule has 3 rings (SSSR count). The van der Waals surface area contributed by atoms with Crippen molar-refractivity contribution >= 4 is 21.6 Å². The number of sulfonamides is 1. The average molecular weight is 333 g/mol. The van der Waals surface area contributed by atoms with Crippen LogP contribution in [0.15, 0.2) is 23.1 Å². The van der Waals surface area contributed by atoms with Crippen LogP contribution < -0.4 is 10.1 Å². The molecule has 0 aromatic heterocycles. The Balaban J connectivity index is 1.66. The minimum atomic E-state index is -3.49. The normalized spacial score (nSPS) is 20.9. The fourth-order valence-electron chi connectivity index (χ4n) is 2.36. The van der Waals surface area contributed by atoms with Crippen LogP contribution in [-0.2, 0) is 14.8 Å². The van der Waals surface area contributed by atoms with Gasteiger partial charge in [-0.05, 0) is 18.2 Å². The van der Waals surface area contributed by atoms with E-state index in [2.05, 4.69) is 5.32 Å². The van der Waals surface area contributed by atoms with Crippen LogP contribution in [0.4, 0.5) is 0 Å². The Labute approximate surface area is 129 Å². The van der Waals surface area contributed by atoms with Crippen LogP contribution >= 0.6 is 11.6 Å². The van der Waals surface area contributed by atoms with E-state index in [9.17, 15) is 8.42 Å². The second kappa shape index (κ2) is 5.73. The van der Waals surface area contributed by atoms with Gasteiger partial charge in [0.25, 0.3) is 0 Å². The van der Waals surface area contributed by atoms with Gasteiger partial charge in [0.05, 0.1) is 36.3 Å². The molecule has 0 amide bonds. The number of ether oxygens (including phenoxy) is 2. The lowest BCUT2D eigenvalue weighted by Crippen LogP contribution is -2.64. The van der Waals surface area contributed by atoms with Crippen molar-refractivity contribution in [3.63, 3.8) is 0 Å². The summed E-state index contributed by atoms with van der Waals surface area (Å²) in [7, 11) is -1.99. The minimum Gasteiger partial charge on any atom is -0.495 e. The average Bonchev–Trinajstić information content (AvgIpc) is 2.34. The Hall–Kier alpha value is -0.860. The molecule has 1 aromatic rings. The van der Waals surface area contributed by atoms with Gasteiger partial charge in [-0.1, -0.05) is 11.6 Å². The first-order valence-electron chi connectivity index (χ1n) is 6.68. The number of nitrogens with zero attached hydrogens (tertiary/aromatic N) is 1. The quantitative estimate of drug-likeness (QED) is 0.860. The van der Waals surface area contributed by atoms with Crippen molar-refractivity contribution in [3.05, 3.63) is 23.2 Å². The summed E-state index contributed by atoms with van der Waals surface area (Å²) in [6, 6.07) is 5.06. The predicted molar refractivity (Wildman–Crippen MR) is 78.3 cm³/mol. The van der Waals surface area contributed by atoms with E-state index in [1.807, 2.05) is 0 Å². The number of hydrogen-bond acceptors (Lipinski definition) is 5. The summed E-state index contributed by atoms with van der Waals surface area (Å²) >= 11 is 5.99. The molecular formula is C13H17ClN2O4S. The van der Waals surface area contributed by atoms with Crippen LogP contribution in [-0.4, -0.2) is 58.2 Å². The summed E-state index contributed by atoms with van der Waals surface area (Å²) in [5.74, 6) is 0.462. The first kappa shape index (κ1) is 15.1. The maximum Gasteiger partial charge on any atom is 0.243 e. The van der Waals surface area contributed by atoms with Gasteiger partial charge >= 0.3 is 0 Å². The highest BCUT2D eigenvalue weighted by atomic mass is 35.5. The van der Waals surface area contributed by atoms with E-state index in [0.717, 1.165) is 0 Å². The summed E-state index contributed by atoms with van der Waals surface area (Å²) in [4.78, 5) is 0.193. The van der Waals surface area contributed by atoms with Crippen molar-refractivity contribution in [1.29, 1.82) is 0 Å². The topological polar surface area (TPSA) is 67.9 Å². The number of halogens is 1. The predicted octanol–water partition coefficient (Wildman–Crippen LogP) is 0.710. The highest BCUT2D eigenvalue weighted by Crippen LogP contribution is 2.29. The van der Waals surface area contributed by atoms with Crippen molar-refractivity contribution in [2.45, 2.75) is 17.0 Å². The Morgan fingerprint density at radius 1 is 1.33 bits per heavy atom. The SMILES string of the molecule is COc1ccc(S(=O)(=O)N2CC(NC3COC3)C2)cc1Cl. The van der Waals surface area contributed by atoms with Gasteiger partial charge < -0.3 is 14.8 Å². The zero-order chi connectivity index (χ0) is 15.0. The molecule has 1 N–H and O–H groups in total. The first-order chi connectivity index (χ1) is 10.0. The zero-order valence-corrected chi connectivity index (χ0v) is 13.2. The number of rotatable bonds is 5. The molecule has 116 valence electrons. The van der Waals surface area contributed by atoms with Gasteiger partial charge in [-0.2, -0.15) is 4.31 Å². The van der Waals surface area contributed by atoms with Crippen molar-refractivity contribution in [2.24, 2.45) is 0 Å². The Bertz CT molecular complexity index is 627. The molecule has 0 spiro atoms. The Morgan fingerprint density at radius 3 is 2.57 bits per heavy atom. The number of benzene rings is 1. The lowest BCUT2D eigenvalue weighted by molar-refractivity contribution is -0.0168. The maximum absolute atomic E-state index is 12.5. The van der Waals surface area contributed by atoms with Gasteiger partial charge in [-0.25, -0.2) is 8.42 Å². The Kier molecular flexibility index (Phi) is 4.11. The van der Waals surface area contributed by atoms with Crippen molar-refractivity contribution in [3.8, 4) is 5.75 Å². The lowest BCUT2D eigenvalue weighted by Gasteiger charge is -2.42. The maximum atomic E-state index is 12.5. The summed E-state index contributed by atoms with van der Waals surface area (Å²) in [5, 5.41) is 3.65. The van der Waals surface area contributed by atoms with Crippen LogP contribution in [0.1, 0.15) is 0 Å². The molecule has 0 bridgehead atoms. The standard InChI is InChI=1S/C13H17ClN2O4S/c1-19-13-3-2-11(4-12(13)14)21(17,18)16-5-9(6-16)15-10-7-20-8-10/h2-4,9-10,15H,5-8H2,1H3. The van der Waals surface area contributed by atoms with Crippen LogP contribution in [0.2, 0.25) is 5.02 Å². The third kappa shape index (κ3) is 2.89. The number of nitrogens with one attached hydrogen (secondary N) is 1. The summed E-state index contributed by atoms with van der Waals surface area (Å²) in [6.07, 6.45) is 0. The van der Waals surface area contributed by atoms with Crippen LogP contribution in [0, 0.1) is 0 Å². The van der Waals surface area contributed by atoms with E-state index in [0.29, 0.717) is 43.1 Å². The van der Waals surface area contributed by atoms with Crippen LogP contribution in [0.5, 0.6) is 5.75 Å². The largest absolute Gasteiger partial charge is 0.495 e. The van der Waals surface area contributed by atoms with Crippen molar-refractivity contribution < 1.29 is 17.9 Å². The highest BCUT2D eigenvalue weighted by molar-refractivity contribution is 7.89. The van der Waals surface area contributed by atoms with Gasteiger partial charge in [0.1, 0.15) is 5.75 Å². The van der Waals surface area contributed by atoms with E-state index >= 15 is 0 Å². The molecule has 2 fully saturated rings. The van der Waals surface area contributed by atoms with Crippen molar-refractivity contribution in [1.82, 2.24) is 9.62 Å². The van der Waals surface area contributed by atoms with E-state index < -0.39 is 10.0 Å². The van der Waals surface area contributed by atoms with Gasteiger partial charge in [-0.15, -0.1) is 0 Å². The van der Waals surface area contributed by atoms with Gasteiger partial charge in [0.2, 0.25) is 10.0 Å². The molecule has 8 heteroatoms. The number of methoxy groups -OCH3 is 1. The highest BCUT2D eigenvalue weighted by Gasteiger charge is 2.38. The molecule has 1 aromatic carbocycles. The summed E-state index contributed by atoms with van der Waals surface area (Å²) in [5.41, 5.74) is 0. The zero-order valence-electron chi connectivity index (χ0n) is 11.6.